The highest BCUT2D eigenvalue weighted by atomic mass is 32.2. The lowest BCUT2D eigenvalue weighted by atomic mass is 10.1. The van der Waals surface area contributed by atoms with Crippen molar-refractivity contribution in [2.75, 3.05) is 12.4 Å². The zero-order chi connectivity index (χ0) is 23.3. The van der Waals surface area contributed by atoms with Crippen LogP contribution in [0, 0.1) is 0 Å². The number of hydrogen-bond donors (Lipinski definition) is 2. The third-order valence-electron chi connectivity index (χ3n) is 4.25. The average Bonchev–Trinajstić information content (AvgIpc) is 2.75. The van der Waals surface area contributed by atoms with Gasteiger partial charge in [0.05, 0.1) is 17.7 Å². The third kappa shape index (κ3) is 5.58. The van der Waals surface area contributed by atoms with E-state index in [1.54, 1.807) is 37.4 Å². The number of carbonyl (C=O) groups is 2. The Labute approximate surface area is 183 Å². The molecule has 0 bridgehead atoms. The summed E-state index contributed by atoms with van der Waals surface area (Å²) >= 11 is 0. The standard InChI is InChI=1S/C21H20N4O6S/c1-14(26)24-32(29,30)18-8-6-16(7-9-18)22-20(27)13-25-21(28)11-10-19(23-25)15-4-3-5-17(12-15)31-2/h3-12H,13H2,1-2H3,(H,22,27)(H,24,26). The van der Waals surface area contributed by atoms with E-state index in [1.807, 2.05) is 4.72 Å². The summed E-state index contributed by atoms with van der Waals surface area (Å²) in [5.74, 6) is -0.611. The maximum absolute atomic E-state index is 12.4. The monoisotopic (exact) mass is 456 g/mol. The summed E-state index contributed by atoms with van der Waals surface area (Å²) in [7, 11) is -2.43. The Bertz CT molecular complexity index is 1320. The van der Waals surface area contributed by atoms with Gasteiger partial charge in [0, 0.05) is 24.2 Å². The van der Waals surface area contributed by atoms with Gasteiger partial charge in [0.2, 0.25) is 11.8 Å². The maximum Gasteiger partial charge on any atom is 0.267 e. The van der Waals surface area contributed by atoms with E-state index in [0.717, 1.165) is 17.2 Å². The highest BCUT2D eigenvalue weighted by Gasteiger charge is 2.15. The van der Waals surface area contributed by atoms with Gasteiger partial charge in [-0.15, -0.1) is 0 Å². The summed E-state index contributed by atoms with van der Waals surface area (Å²) in [5.41, 5.74) is 1.07. The van der Waals surface area contributed by atoms with E-state index >= 15 is 0 Å². The van der Waals surface area contributed by atoms with Crippen LogP contribution in [0.2, 0.25) is 0 Å². The Kier molecular flexibility index (Phi) is 6.69. The number of sulfonamides is 1. The lowest BCUT2D eigenvalue weighted by Gasteiger charge is -2.10. The number of anilines is 1. The molecule has 32 heavy (non-hydrogen) atoms. The molecule has 0 radical (unpaired) electrons. The molecule has 0 fully saturated rings. The molecule has 0 saturated carbocycles. The van der Waals surface area contributed by atoms with Crippen LogP contribution in [0.3, 0.4) is 0 Å². The van der Waals surface area contributed by atoms with E-state index in [2.05, 4.69) is 10.4 Å². The molecular formula is C21H20N4O6S. The van der Waals surface area contributed by atoms with Gasteiger partial charge in [-0.1, -0.05) is 12.1 Å². The van der Waals surface area contributed by atoms with Gasteiger partial charge in [-0.2, -0.15) is 5.10 Å². The third-order valence-corrected chi connectivity index (χ3v) is 5.70. The predicted molar refractivity (Wildman–Crippen MR) is 117 cm³/mol. The maximum atomic E-state index is 12.4. The fourth-order valence-electron chi connectivity index (χ4n) is 2.80. The van der Waals surface area contributed by atoms with Crippen LogP contribution in [0.4, 0.5) is 5.69 Å². The van der Waals surface area contributed by atoms with Crippen molar-refractivity contribution in [2.45, 2.75) is 18.4 Å². The van der Waals surface area contributed by atoms with Gasteiger partial charge in [0.25, 0.3) is 15.6 Å². The molecule has 0 aliphatic rings. The smallest absolute Gasteiger partial charge is 0.267 e. The molecular weight excluding hydrogens is 436 g/mol. The number of benzene rings is 2. The largest absolute Gasteiger partial charge is 0.497 e. The fraction of sp³-hybridized carbons (Fsp3) is 0.143. The molecule has 2 aromatic carbocycles. The quantitative estimate of drug-likeness (QED) is 0.548. The zero-order valence-corrected chi connectivity index (χ0v) is 18.0. The van der Waals surface area contributed by atoms with E-state index in [4.69, 9.17) is 4.74 Å². The van der Waals surface area contributed by atoms with E-state index in [1.165, 1.54) is 30.3 Å². The van der Waals surface area contributed by atoms with Gasteiger partial charge >= 0.3 is 0 Å². The van der Waals surface area contributed by atoms with Gasteiger partial charge < -0.3 is 10.1 Å². The second-order valence-electron chi connectivity index (χ2n) is 6.68. The first-order valence-electron chi connectivity index (χ1n) is 9.34. The minimum atomic E-state index is -3.97. The van der Waals surface area contributed by atoms with Crippen LogP contribution < -0.4 is 20.3 Å². The molecule has 0 unspecified atom stereocenters. The van der Waals surface area contributed by atoms with Crippen LogP contribution >= 0.6 is 0 Å². The minimum absolute atomic E-state index is 0.130. The number of ether oxygens (including phenoxy) is 1. The predicted octanol–water partition coefficient (Wildman–Crippen LogP) is 1.38. The van der Waals surface area contributed by atoms with Crippen molar-refractivity contribution >= 4 is 27.5 Å². The van der Waals surface area contributed by atoms with Gasteiger partial charge in [-0.3, -0.25) is 14.4 Å². The summed E-state index contributed by atoms with van der Waals surface area (Å²) in [4.78, 5) is 35.4. The van der Waals surface area contributed by atoms with Gasteiger partial charge in [0.15, 0.2) is 0 Å². The molecule has 166 valence electrons. The normalized spacial score (nSPS) is 10.9. The van der Waals surface area contributed by atoms with E-state index in [9.17, 15) is 22.8 Å². The summed E-state index contributed by atoms with van der Waals surface area (Å²) < 4.78 is 32.0. The van der Waals surface area contributed by atoms with Crippen LogP contribution in [-0.2, 0) is 26.2 Å². The van der Waals surface area contributed by atoms with Crippen molar-refractivity contribution in [2.24, 2.45) is 0 Å². The van der Waals surface area contributed by atoms with Gasteiger partial charge in [-0.05, 0) is 42.5 Å². The number of aromatic nitrogens is 2. The molecule has 11 heteroatoms. The molecule has 0 atom stereocenters. The lowest BCUT2D eigenvalue weighted by Crippen LogP contribution is -2.29. The van der Waals surface area contributed by atoms with Crippen LogP contribution in [0.15, 0.2) is 70.4 Å². The Morgan fingerprint density at radius 3 is 2.44 bits per heavy atom. The summed E-state index contributed by atoms with van der Waals surface area (Å²) in [6.07, 6.45) is 0. The molecule has 10 nitrogen and oxygen atoms in total. The number of amides is 2. The van der Waals surface area contributed by atoms with Crippen LogP contribution in [0.25, 0.3) is 11.3 Å². The molecule has 3 aromatic rings. The first-order chi connectivity index (χ1) is 15.2. The molecule has 1 heterocycles. The lowest BCUT2D eigenvalue weighted by molar-refractivity contribution is -0.118. The summed E-state index contributed by atoms with van der Waals surface area (Å²) in [6.45, 7) is 0.744. The highest BCUT2D eigenvalue weighted by Crippen LogP contribution is 2.21. The Morgan fingerprint density at radius 2 is 1.78 bits per heavy atom. The topological polar surface area (TPSA) is 136 Å². The molecule has 0 aliphatic heterocycles. The van der Waals surface area contributed by atoms with Gasteiger partial charge in [0.1, 0.15) is 12.3 Å². The molecule has 0 spiro atoms. The molecule has 3 rings (SSSR count). The van der Waals surface area contributed by atoms with Crippen molar-refractivity contribution in [3.05, 3.63) is 71.0 Å². The van der Waals surface area contributed by atoms with Crippen molar-refractivity contribution in [1.82, 2.24) is 14.5 Å². The minimum Gasteiger partial charge on any atom is -0.497 e. The number of nitrogens with zero attached hydrogens (tertiary/aromatic N) is 2. The Morgan fingerprint density at radius 1 is 1.06 bits per heavy atom. The molecule has 2 N–H and O–H groups in total. The zero-order valence-electron chi connectivity index (χ0n) is 17.2. The van der Waals surface area contributed by atoms with Crippen molar-refractivity contribution in [1.29, 1.82) is 0 Å². The number of rotatable bonds is 7. The van der Waals surface area contributed by atoms with Crippen LogP contribution in [0.5, 0.6) is 5.75 Å². The second kappa shape index (κ2) is 9.43. The fourth-order valence-corrected chi connectivity index (χ4v) is 3.79. The van der Waals surface area contributed by atoms with E-state index < -0.39 is 27.4 Å². The van der Waals surface area contributed by atoms with Crippen LogP contribution in [-0.4, -0.2) is 37.1 Å². The van der Waals surface area contributed by atoms with E-state index in [-0.39, 0.29) is 11.4 Å². The van der Waals surface area contributed by atoms with Gasteiger partial charge in [-0.25, -0.2) is 17.8 Å². The average molecular weight is 456 g/mol. The molecule has 2 amide bonds. The highest BCUT2D eigenvalue weighted by molar-refractivity contribution is 7.90. The number of hydrogen-bond acceptors (Lipinski definition) is 7. The first kappa shape index (κ1) is 22.7. The SMILES string of the molecule is COc1cccc(-c2ccc(=O)n(CC(=O)Nc3ccc(S(=O)(=O)NC(C)=O)cc3)n2)c1. The molecule has 1 aromatic heterocycles. The number of methoxy groups -OCH3 is 1. The number of carbonyl (C=O) groups excluding carboxylic acids is 2. The van der Waals surface area contributed by atoms with Crippen molar-refractivity contribution < 1.29 is 22.7 Å². The Balaban J connectivity index is 1.73. The summed E-state index contributed by atoms with van der Waals surface area (Å²) in [6, 6.07) is 15.2. The van der Waals surface area contributed by atoms with Crippen molar-refractivity contribution in [3.8, 4) is 17.0 Å². The Hall–Kier alpha value is -3.99. The van der Waals surface area contributed by atoms with Crippen molar-refractivity contribution in [3.63, 3.8) is 0 Å². The second-order valence-corrected chi connectivity index (χ2v) is 8.36. The molecule has 0 saturated heterocycles. The van der Waals surface area contributed by atoms with Crippen LogP contribution in [0.1, 0.15) is 6.92 Å². The number of nitrogens with one attached hydrogen (secondary N) is 2. The summed E-state index contributed by atoms with van der Waals surface area (Å²) in [5, 5.41) is 6.82. The first-order valence-corrected chi connectivity index (χ1v) is 10.8. The van der Waals surface area contributed by atoms with E-state index in [0.29, 0.717) is 17.1 Å². The molecule has 0 aliphatic carbocycles.